The van der Waals surface area contributed by atoms with Crippen LogP contribution in [0.15, 0.2) is 58.9 Å². The second-order valence-corrected chi connectivity index (χ2v) is 7.08. The van der Waals surface area contributed by atoms with Gasteiger partial charge in [-0.25, -0.2) is 15.4 Å². The number of carbonyl (C=O) groups is 1. The largest absolute Gasteiger partial charge is 0.360 e. The Bertz CT molecular complexity index is 929. The van der Waals surface area contributed by atoms with Crippen molar-refractivity contribution in [3.8, 4) is 0 Å². The van der Waals surface area contributed by atoms with Crippen molar-refractivity contribution in [1.82, 2.24) is 20.4 Å². The number of amides is 1. The van der Waals surface area contributed by atoms with E-state index < -0.39 is 0 Å². The van der Waals surface area contributed by atoms with E-state index in [9.17, 15) is 4.79 Å². The smallest absolute Gasteiger partial charge is 0.271 e. The van der Waals surface area contributed by atoms with E-state index in [0.29, 0.717) is 5.56 Å². The van der Waals surface area contributed by atoms with E-state index in [1.165, 1.54) is 0 Å². The Morgan fingerprint density at radius 3 is 2.48 bits per heavy atom. The lowest BCUT2D eigenvalue weighted by molar-refractivity contribution is 0.0955. The molecule has 1 amide bonds. The number of hydrazone groups is 1. The quantitative estimate of drug-likeness (QED) is 0.295. The Morgan fingerprint density at radius 1 is 1.15 bits per heavy atom. The van der Waals surface area contributed by atoms with E-state index in [1.807, 2.05) is 57.3 Å². The Balaban J connectivity index is 1.58. The Labute approximate surface area is 162 Å². The van der Waals surface area contributed by atoms with E-state index in [1.54, 1.807) is 23.9 Å². The number of nitrogens with zero attached hydrogens (tertiary/aromatic N) is 3. The summed E-state index contributed by atoms with van der Waals surface area (Å²) in [4.78, 5) is 24.1. The minimum atomic E-state index is -0.238. The fourth-order valence-electron chi connectivity index (χ4n) is 2.47. The maximum Gasteiger partial charge on any atom is 0.271 e. The van der Waals surface area contributed by atoms with Gasteiger partial charge in [0.05, 0.1) is 11.4 Å². The molecule has 138 valence electrons. The molecule has 0 saturated carbocycles. The number of hydrogen-bond donors (Lipinski definition) is 2. The van der Waals surface area contributed by atoms with Crippen LogP contribution in [0.3, 0.4) is 0 Å². The van der Waals surface area contributed by atoms with Gasteiger partial charge in [-0.2, -0.15) is 5.10 Å². The number of H-pyrrole nitrogens is 1. The van der Waals surface area contributed by atoms with E-state index in [2.05, 4.69) is 25.5 Å². The number of hydrogen-bond acceptors (Lipinski definition) is 5. The lowest BCUT2D eigenvalue weighted by Crippen LogP contribution is -2.19. The molecule has 0 atom stereocenters. The summed E-state index contributed by atoms with van der Waals surface area (Å²) in [5, 5.41) is 4.89. The number of rotatable bonds is 6. The lowest BCUT2D eigenvalue weighted by Gasteiger charge is -2.05. The summed E-state index contributed by atoms with van der Waals surface area (Å²) >= 11 is 1.58. The molecule has 0 aliphatic carbocycles. The molecule has 0 spiro atoms. The maximum atomic E-state index is 12.2. The SMILES string of the molecule is CC(=NNC(=O)c1ccc(CSc2nc(C)cc(C)n2)cc1)c1ccc[nH]1. The maximum absolute atomic E-state index is 12.2. The summed E-state index contributed by atoms with van der Waals surface area (Å²) < 4.78 is 0. The summed E-state index contributed by atoms with van der Waals surface area (Å²) in [6, 6.07) is 13.2. The molecule has 2 aromatic heterocycles. The average Bonchev–Trinajstić information content (AvgIpc) is 3.19. The Morgan fingerprint density at radius 2 is 1.85 bits per heavy atom. The van der Waals surface area contributed by atoms with Crippen LogP contribution >= 0.6 is 11.8 Å². The van der Waals surface area contributed by atoms with Gasteiger partial charge in [0.15, 0.2) is 5.16 Å². The van der Waals surface area contributed by atoms with Crippen LogP contribution < -0.4 is 5.43 Å². The molecule has 7 heteroatoms. The molecule has 0 radical (unpaired) electrons. The molecule has 3 aromatic rings. The van der Waals surface area contributed by atoms with Crippen molar-refractivity contribution in [2.45, 2.75) is 31.7 Å². The molecule has 0 aliphatic rings. The number of aromatic nitrogens is 3. The Kier molecular flexibility index (Phi) is 6.03. The number of carbonyl (C=O) groups excluding carboxylic acids is 1. The molecule has 0 fully saturated rings. The zero-order valence-corrected chi connectivity index (χ0v) is 16.3. The summed E-state index contributed by atoms with van der Waals surface area (Å²) in [5.41, 5.74) is 7.77. The minimum absolute atomic E-state index is 0.238. The summed E-state index contributed by atoms with van der Waals surface area (Å²) in [7, 11) is 0. The monoisotopic (exact) mass is 379 g/mol. The standard InChI is InChI=1S/C20H21N5OS/c1-13-11-14(2)23-20(22-13)27-12-16-6-8-17(9-7-16)19(26)25-24-15(3)18-5-4-10-21-18/h4-11,21H,12H2,1-3H3,(H,25,26). The fraction of sp³-hybridized carbons (Fsp3) is 0.200. The second kappa shape index (κ2) is 8.64. The highest BCUT2D eigenvalue weighted by atomic mass is 32.2. The van der Waals surface area contributed by atoms with Crippen molar-refractivity contribution in [3.05, 3.63) is 76.9 Å². The first kappa shape index (κ1) is 18.8. The van der Waals surface area contributed by atoms with Crippen molar-refractivity contribution in [2.75, 3.05) is 0 Å². The van der Waals surface area contributed by atoms with Crippen LogP contribution in [0, 0.1) is 13.8 Å². The van der Waals surface area contributed by atoms with Gasteiger partial charge in [-0.15, -0.1) is 0 Å². The normalized spacial score (nSPS) is 11.4. The molecule has 1 aromatic carbocycles. The van der Waals surface area contributed by atoms with Gasteiger partial charge in [0.1, 0.15) is 0 Å². The highest BCUT2D eigenvalue weighted by Gasteiger charge is 2.07. The van der Waals surface area contributed by atoms with Crippen molar-refractivity contribution in [1.29, 1.82) is 0 Å². The summed E-state index contributed by atoms with van der Waals surface area (Å²) in [6.07, 6.45) is 1.82. The fourth-order valence-corrected chi connectivity index (χ4v) is 3.38. The number of nitrogens with one attached hydrogen (secondary N) is 2. The van der Waals surface area contributed by atoms with E-state index in [4.69, 9.17) is 0 Å². The van der Waals surface area contributed by atoms with Gasteiger partial charge >= 0.3 is 0 Å². The van der Waals surface area contributed by atoms with E-state index >= 15 is 0 Å². The third-order valence-corrected chi connectivity index (χ3v) is 4.78. The van der Waals surface area contributed by atoms with Gasteiger partial charge in [0.25, 0.3) is 5.91 Å². The van der Waals surface area contributed by atoms with Crippen LogP contribution in [0.2, 0.25) is 0 Å². The number of aromatic amines is 1. The van der Waals surface area contributed by atoms with Crippen LogP contribution in [0.5, 0.6) is 0 Å². The van der Waals surface area contributed by atoms with Gasteiger partial charge < -0.3 is 4.98 Å². The highest BCUT2D eigenvalue weighted by molar-refractivity contribution is 7.98. The molecule has 0 aliphatic heterocycles. The molecular formula is C20H21N5OS. The molecule has 0 unspecified atom stereocenters. The van der Waals surface area contributed by atoms with Crippen molar-refractivity contribution in [3.63, 3.8) is 0 Å². The molecular weight excluding hydrogens is 358 g/mol. The lowest BCUT2D eigenvalue weighted by atomic mass is 10.1. The molecule has 0 bridgehead atoms. The molecule has 2 heterocycles. The van der Waals surface area contributed by atoms with Crippen molar-refractivity contribution >= 4 is 23.4 Å². The predicted molar refractivity (Wildman–Crippen MR) is 108 cm³/mol. The highest BCUT2D eigenvalue weighted by Crippen LogP contribution is 2.20. The predicted octanol–water partition coefficient (Wildman–Crippen LogP) is 3.87. The zero-order valence-electron chi connectivity index (χ0n) is 15.5. The first-order valence-electron chi connectivity index (χ1n) is 8.53. The topological polar surface area (TPSA) is 83.0 Å². The summed E-state index contributed by atoms with van der Waals surface area (Å²) in [5.74, 6) is 0.507. The van der Waals surface area contributed by atoms with Crippen LogP contribution in [-0.4, -0.2) is 26.6 Å². The van der Waals surface area contributed by atoms with Gasteiger partial charge in [-0.1, -0.05) is 23.9 Å². The van der Waals surface area contributed by atoms with Gasteiger partial charge in [-0.05, 0) is 56.7 Å². The van der Waals surface area contributed by atoms with Gasteiger partial charge in [-0.3, -0.25) is 4.79 Å². The number of benzene rings is 1. The van der Waals surface area contributed by atoms with Gasteiger partial charge in [0.2, 0.25) is 0 Å². The first-order chi connectivity index (χ1) is 13.0. The Hall–Kier alpha value is -2.93. The van der Waals surface area contributed by atoms with Gasteiger partial charge in [0, 0.05) is 28.9 Å². The van der Waals surface area contributed by atoms with Crippen LogP contribution in [0.1, 0.15) is 39.9 Å². The summed E-state index contributed by atoms with van der Waals surface area (Å²) in [6.45, 7) is 5.76. The molecule has 3 rings (SSSR count). The third-order valence-electron chi connectivity index (χ3n) is 3.86. The van der Waals surface area contributed by atoms with E-state index in [0.717, 1.165) is 39.3 Å². The molecule has 6 nitrogen and oxygen atoms in total. The number of aryl methyl sites for hydroxylation is 2. The molecule has 27 heavy (non-hydrogen) atoms. The first-order valence-corrected chi connectivity index (χ1v) is 9.52. The van der Waals surface area contributed by atoms with Crippen molar-refractivity contribution in [2.24, 2.45) is 5.10 Å². The second-order valence-electron chi connectivity index (χ2n) is 6.14. The minimum Gasteiger partial charge on any atom is -0.360 e. The van der Waals surface area contributed by atoms with Crippen LogP contribution in [0.25, 0.3) is 0 Å². The molecule has 2 N–H and O–H groups in total. The zero-order chi connectivity index (χ0) is 19.2. The van der Waals surface area contributed by atoms with Crippen LogP contribution in [-0.2, 0) is 5.75 Å². The molecule has 0 saturated heterocycles. The third kappa shape index (κ3) is 5.27. The van der Waals surface area contributed by atoms with Crippen molar-refractivity contribution < 1.29 is 4.79 Å². The average molecular weight is 379 g/mol. The number of thioether (sulfide) groups is 1. The van der Waals surface area contributed by atoms with Crippen LogP contribution in [0.4, 0.5) is 0 Å². The van der Waals surface area contributed by atoms with E-state index in [-0.39, 0.29) is 5.91 Å².